The smallest absolute Gasteiger partial charge is 0.340 e. The molecule has 1 N–H and O–H groups in total. The first-order chi connectivity index (χ1) is 13.4. The first-order valence-corrected chi connectivity index (χ1v) is 10.1. The summed E-state index contributed by atoms with van der Waals surface area (Å²) in [5, 5.41) is 2.93. The topological polar surface area (TPSA) is 60.3 Å². The van der Waals surface area contributed by atoms with Gasteiger partial charge in [-0.3, -0.25) is 4.79 Å². The average molecular weight is 383 g/mol. The molecule has 5 nitrogen and oxygen atoms in total. The summed E-state index contributed by atoms with van der Waals surface area (Å²) in [6, 6.07) is 12.5. The minimum Gasteiger partial charge on any atom is -0.449 e. The number of ether oxygens (including phenoxy) is 1. The molecular weight excluding hydrogens is 352 g/mol. The van der Waals surface area contributed by atoms with Crippen molar-refractivity contribution in [2.75, 3.05) is 6.54 Å². The lowest BCUT2D eigenvalue weighted by atomic mass is 9.96. The van der Waals surface area contributed by atoms with E-state index in [1.165, 1.54) is 5.56 Å². The Kier molecular flexibility index (Phi) is 6.22. The number of benzene rings is 1. The molecule has 0 unspecified atom stereocenters. The van der Waals surface area contributed by atoms with Crippen LogP contribution in [0, 0.1) is 13.8 Å². The van der Waals surface area contributed by atoms with Crippen molar-refractivity contribution in [3.8, 4) is 0 Å². The zero-order chi connectivity index (χ0) is 20.3. The number of amides is 1. The van der Waals surface area contributed by atoms with Crippen molar-refractivity contribution in [2.45, 2.75) is 65.0 Å². The number of carbonyl (C=O) groups is 2. The van der Waals surface area contributed by atoms with E-state index >= 15 is 0 Å². The van der Waals surface area contributed by atoms with E-state index in [1.54, 1.807) is 6.92 Å². The third kappa shape index (κ3) is 4.46. The molecule has 0 saturated heterocycles. The fourth-order valence-electron chi connectivity index (χ4n) is 3.75. The van der Waals surface area contributed by atoms with Crippen LogP contribution in [0.3, 0.4) is 0 Å². The van der Waals surface area contributed by atoms with Gasteiger partial charge >= 0.3 is 5.97 Å². The largest absolute Gasteiger partial charge is 0.449 e. The Morgan fingerprint density at radius 1 is 1.21 bits per heavy atom. The van der Waals surface area contributed by atoms with Crippen molar-refractivity contribution in [1.82, 2.24) is 9.88 Å². The molecular formula is C23H30N2O3. The number of hydrogen-bond acceptors (Lipinski definition) is 3. The van der Waals surface area contributed by atoms with Gasteiger partial charge in [0.25, 0.3) is 5.91 Å². The molecule has 3 rings (SSSR count). The summed E-state index contributed by atoms with van der Waals surface area (Å²) < 4.78 is 7.66. The van der Waals surface area contributed by atoms with E-state index in [1.807, 2.05) is 38.1 Å². The Morgan fingerprint density at radius 2 is 1.89 bits per heavy atom. The van der Waals surface area contributed by atoms with Crippen LogP contribution in [0.2, 0.25) is 0 Å². The molecule has 1 aromatic heterocycles. The van der Waals surface area contributed by atoms with Crippen molar-refractivity contribution in [2.24, 2.45) is 0 Å². The van der Waals surface area contributed by atoms with Crippen LogP contribution in [-0.2, 0) is 9.53 Å². The SMILES string of the molecule is CC[C@@H](CNC(=O)[C@H](C)OC(=O)c1cc(C)n(C2CC2)c1C)c1ccccc1. The summed E-state index contributed by atoms with van der Waals surface area (Å²) in [6.45, 7) is 8.20. The lowest BCUT2D eigenvalue weighted by Gasteiger charge is -2.18. The molecule has 1 aromatic carbocycles. The van der Waals surface area contributed by atoms with Gasteiger partial charge in [-0.15, -0.1) is 0 Å². The Labute approximate surface area is 167 Å². The molecule has 1 aliphatic rings. The third-order valence-electron chi connectivity index (χ3n) is 5.56. The van der Waals surface area contributed by atoms with Gasteiger partial charge in [-0.05, 0) is 51.7 Å². The van der Waals surface area contributed by atoms with E-state index in [0.717, 1.165) is 30.7 Å². The quantitative estimate of drug-likeness (QED) is 0.693. The van der Waals surface area contributed by atoms with Crippen LogP contribution >= 0.6 is 0 Å². The van der Waals surface area contributed by atoms with Crippen molar-refractivity contribution in [3.05, 3.63) is 58.9 Å². The van der Waals surface area contributed by atoms with Crippen molar-refractivity contribution >= 4 is 11.9 Å². The minimum absolute atomic E-state index is 0.241. The van der Waals surface area contributed by atoms with Gasteiger partial charge < -0.3 is 14.6 Å². The maximum Gasteiger partial charge on any atom is 0.340 e. The maximum absolute atomic E-state index is 12.6. The number of esters is 1. The van der Waals surface area contributed by atoms with Gasteiger partial charge in [0.15, 0.2) is 6.10 Å². The van der Waals surface area contributed by atoms with Crippen molar-refractivity contribution in [1.29, 1.82) is 0 Å². The standard InChI is InChI=1S/C23H30N2O3/c1-5-18(19-9-7-6-8-10-19)14-24-22(26)17(4)28-23(27)21-13-15(2)25(16(21)3)20-11-12-20/h6-10,13,17-18,20H,5,11-12,14H2,1-4H3,(H,24,26)/t17-,18-/m0/s1. The zero-order valence-corrected chi connectivity index (χ0v) is 17.2. The predicted molar refractivity (Wildman–Crippen MR) is 110 cm³/mol. The van der Waals surface area contributed by atoms with Gasteiger partial charge in [0.05, 0.1) is 5.56 Å². The Morgan fingerprint density at radius 3 is 2.50 bits per heavy atom. The molecule has 0 bridgehead atoms. The van der Waals surface area contributed by atoms with Gasteiger partial charge in [0, 0.05) is 29.9 Å². The number of nitrogens with one attached hydrogen (secondary N) is 1. The summed E-state index contributed by atoms with van der Waals surface area (Å²) >= 11 is 0. The third-order valence-corrected chi connectivity index (χ3v) is 5.56. The van der Waals surface area contributed by atoms with Gasteiger partial charge in [-0.2, -0.15) is 0 Å². The monoisotopic (exact) mass is 382 g/mol. The van der Waals surface area contributed by atoms with Crippen LogP contribution in [0.25, 0.3) is 0 Å². The molecule has 1 aliphatic carbocycles. The predicted octanol–water partition coefficient (Wildman–Crippen LogP) is 4.30. The van der Waals surface area contributed by atoms with E-state index in [4.69, 9.17) is 4.74 Å². The van der Waals surface area contributed by atoms with E-state index in [9.17, 15) is 9.59 Å². The summed E-state index contributed by atoms with van der Waals surface area (Å²) in [7, 11) is 0. The van der Waals surface area contributed by atoms with Crippen LogP contribution in [-0.4, -0.2) is 29.1 Å². The second kappa shape index (κ2) is 8.63. The Hall–Kier alpha value is -2.56. The highest BCUT2D eigenvalue weighted by Crippen LogP contribution is 2.38. The molecule has 2 aromatic rings. The van der Waals surface area contributed by atoms with E-state index in [-0.39, 0.29) is 11.8 Å². The fraction of sp³-hybridized carbons (Fsp3) is 0.478. The van der Waals surface area contributed by atoms with Crippen LogP contribution in [0.15, 0.2) is 36.4 Å². The maximum atomic E-state index is 12.6. The van der Waals surface area contributed by atoms with Gasteiger partial charge in [-0.25, -0.2) is 4.79 Å². The highest BCUT2D eigenvalue weighted by atomic mass is 16.5. The van der Waals surface area contributed by atoms with E-state index in [0.29, 0.717) is 18.2 Å². The second-order valence-corrected chi connectivity index (χ2v) is 7.69. The van der Waals surface area contributed by atoms with Crippen LogP contribution in [0.5, 0.6) is 0 Å². The average Bonchev–Trinajstić information content (AvgIpc) is 3.47. The van der Waals surface area contributed by atoms with Crippen LogP contribution in [0.1, 0.15) is 72.4 Å². The summed E-state index contributed by atoms with van der Waals surface area (Å²) in [4.78, 5) is 25.0. The Balaban J connectivity index is 1.56. The number of hydrogen-bond donors (Lipinski definition) is 1. The lowest BCUT2D eigenvalue weighted by Crippen LogP contribution is -2.38. The first kappa shape index (κ1) is 20.2. The van der Waals surface area contributed by atoms with Gasteiger partial charge in [0.2, 0.25) is 0 Å². The zero-order valence-electron chi connectivity index (χ0n) is 17.2. The molecule has 1 fully saturated rings. The fourth-order valence-corrected chi connectivity index (χ4v) is 3.75. The molecule has 0 radical (unpaired) electrons. The number of nitrogens with zero attached hydrogens (tertiary/aromatic N) is 1. The first-order valence-electron chi connectivity index (χ1n) is 10.1. The molecule has 0 spiro atoms. The Bertz CT molecular complexity index is 837. The minimum atomic E-state index is -0.829. The summed E-state index contributed by atoms with van der Waals surface area (Å²) in [5.41, 5.74) is 3.74. The molecule has 150 valence electrons. The lowest BCUT2D eigenvalue weighted by molar-refractivity contribution is -0.129. The van der Waals surface area contributed by atoms with Gasteiger partial charge in [0.1, 0.15) is 0 Å². The normalized spacial score (nSPS) is 15.7. The molecule has 2 atom stereocenters. The number of carbonyl (C=O) groups excluding carboxylic acids is 2. The van der Waals surface area contributed by atoms with E-state index < -0.39 is 12.1 Å². The molecule has 1 saturated carbocycles. The van der Waals surface area contributed by atoms with Gasteiger partial charge in [-0.1, -0.05) is 37.3 Å². The molecule has 28 heavy (non-hydrogen) atoms. The molecule has 5 heteroatoms. The number of rotatable bonds is 8. The highest BCUT2D eigenvalue weighted by Gasteiger charge is 2.29. The summed E-state index contributed by atoms with van der Waals surface area (Å²) in [5.74, 6) is -0.456. The molecule has 0 aliphatic heterocycles. The van der Waals surface area contributed by atoms with Crippen LogP contribution in [0.4, 0.5) is 0 Å². The number of aromatic nitrogens is 1. The number of aryl methyl sites for hydroxylation is 1. The van der Waals surface area contributed by atoms with E-state index in [2.05, 4.69) is 28.9 Å². The van der Waals surface area contributed by atoms with Crippen molar-refractivity contribution < 1.29 is 14.3 Å². The van der Waals surface area contributed by atoms with Crippen LogP contribution < -0.4 is 5.32 Å². The molecule has 1 heterocycles. The summed E-state index contributed by atoms with van der Waals surface area (Å²) in [6.07, 6.45) is 2.41. The van der Waals surface area contributed by atoms with Crippen molar-refractivity contribution in [3.63, 3.8) is 0 Å². The second-order valence-electron chi connectivity index (χ2n) is 7.69. The highest BCUT2D eigenvalue weighted by molar-refractivity contribution is 5.93. The molecule has 1 amide bonds.